The molecule has 3 N–H and O–H groups in total. The van der Waals surface area contributed by atoms with Crippen molar-refractivity contribution in [3.8, 4) is 17.3 Å². The van der Waals surface area contributed by atoms with Crippen molar-refractivity contribution in [3.63, 3.8) is 0 Å². The van der Waals surface area contributed by atoms with Crippen LogP contribution in [0.2, 0.25) is 0 Å². The van der Waals surface area contributed by atoms with Gasteiger partial charge in [-0.25, -0.2) is 9.97 Å². The van der Waals surface area contributed by atoms with E-state index in [0.29, 0.717) is 23.3 Å². The standard InChI is InChI=1S/C33H39N7O3/c1-17(35-18(2)41)25-10-6-20-13-28(38(31(20)36-25)16-19-4-5-19)32-37-26-12-21(14-29(43-3)30(26)40(32)22-7-8-22)33(42)39-23-9-11-27(39)24(34)15-23/h6,10,12-14,17,19,22-24,27H,4-5,7-9,11,15-16,34H2,1-3H3,(H,35,41)/t17-,23+,24-,27-/m1/s1. The normalized spacial score (nSPS) is 23.8. The quantitative estimate of drug-likeness (QED) is 0.311. The van der Waals surface area contributed by atoms with Gasteiger partial charge >= 0.3 is 0 Å². The molecule has 4 fully saturated rings. The molecule has 2 aliphatic heterocycles. The first-order valence-corrected chi connectivity index (χ1v) is 15.8. The molecule has 2 saturated heterocycles. The van der Waals surface area contributed by atoms with Gasteiger partial charge in [0, 0.05) is 48.6 Å². The molecular formula is C33H39N7O3. The maximum Gasteiger partial charge on any atom is 0.254 e. The minimum absolute atomic E-state index is 0.0241. The number of nitrogens with one attached hydrogen (secondary N) is 1. The molecule has 2 amide bonds. The second-order valence-electron chi connectivity index (χ2n) is 13.1. The van der Waals surface area contributed by atoms with E-state index in [4.69, 9.17) is 20.4 Å². The van der Waals surface area contributed by atoms with Crippen molar-refractivity contribution < 1.29 is 14.3 Å². The summed E-state index contributed by atoms with van der Waals surface area (Å²) >= 11 is 0. The molecule has 1 aromatic carbocycles. The Hall–Kier alpha value is -3.92. The molecule has 43 heavy (non-hydrogen) atoms. The number of ether oxygens (including phenoxy) is 1. The van der Waals surface area contributed by atoms with E-state index in [1.54, 1.807) is 7.11 Å². The molecule has 2 saturated carbocycles. The number of fused-ring (bicyclic) bond motifs is 4. The molecule has 0 spiro atoms. The third-order valence-electron chi connectivity index (χ3n) is 9.94. The highest BCUT2D eigenvalue weighted by molar-refractivity contribution is 6.01. The van der Waals surface area contributed by atoms with Crippen LogP contribution in [-0.4, -0.2) is 61.1 Å². The Morgan fingerprint density at radius 3 is 2.51 bits per heavy atom. The number of carbonyl (C=O) groups excluding carboxylic acids is 2. The van der Waals surface area contributed by atoms with Crippen LogP contribution >= 0.6 is 0 Å². The fourth-order valence-electron chi connectivity index (χ4n) is 7.53. The average molecular weight is 582 g/mol. The summed E-state index contributed by atoms with van der Waals surface area (Å²) < 4.78 is 10.6. The number of rotatable bonds is 8. The zero-order valence-corrected chi connectivity index (χ0v) is 25.0. The SMILES string of the molecule is COc1cc(C(=O)N2[C@H]3CC[C@@H]2[C@H](N)C3)cc2nc(-c3cc4ccc([C@@H](C)NC(C)=O)nc4n3CC3CC3)n(C3CC3)c12. The maximum absolute atomic E-state index is 13.9. The van der Waals surface area contributed by atoms with E-state index in [0.717, 1.165) is 77.9 Å². The smallest absolute Gasteiger partial charge is 0.254 e. The average Bonchev–Trinajstić information content (AvgIpc) is 3.87. The van der Waals surface area contributed by atoms with Gasteiger partial charge in [0.2, 0.25) is 5.91 Å². The molecule has 3 aromatic heterocycles. The van der Waals surface area contributed by atoms with Gasteiger partial charge < -0.3 is 29.8 Å². The monoisotopic (exact) mass is 581 g/mol. The third kappa shape index (κ3) is 4.41. The topological polar surface area (TPSA) is 120 Å². The van der Waals surface area contributed by atoms with E-state index in [-0.39, 0.29) is 36.0 Å². The molecule has 4 aromatic rings. The van der Waals surface area contributed by atoms with Crippen molar-refractivity contribution in [1.82, 2.24) is 29.3 Å². The van der Waals surface area contributed by atoms with Crippen LogP contribution in [0.1, 0.15) is 86.9 Å². The van der Waals surface area contributed by atoms with E-state index in [9.17, 15) is 9.59 Å². The second kappa shape index (κ2) is 9.80. The summed E-state index contributed by atoms with van der Waals surface area (Å²) in [6.07, 6.45) is 7.45. The van der Waals surface area contributed by atoms with Crippen LogP contribution < -0.4 is 15.8 Å². The molecule has 10 heteroatoms. The van der Waals surface area contributed by atoms with Gasteiger partial charge in [-0.3, -0.25) is 9.59 Å². The molecule has 10 nitrogen and oxygen atoms in total. The van der Waals surface area contributed by atoms with Crippen molar-refractivity contribution in [1.29, 1.82) is 0 Å². The lowest BCUT2D eigenvalue weighted by Crippen LogP contribution is -2.40. The van der Waals surface area contributed by atoms with E-state index >= 15 is 0 Å². The Balaban J connectivity index is 1.27. The molecule has 2 bridgehead atoms. The van der Waals surface area contributed by atoms with Gasteiger partial charge in [0.1, 0.15) is 16.9 Å². The molecule has 0 radical (unpaired) electrons. The van der Waals surface area contributed by atoms with E-state index in [2.05, 4.69) is 26.6 Å². The lowest BCUT2D eigenvalue weighted by atomic mass is 9.97. The predicted molar refractivity (Wildman–Crippen MR) is 164 cm³/mol. The van der Waals surface area contributed by atoms with Crippen molar-refractivity contribution in [2.45, 2.75) is 95.5 Å². The summed E-state index contributed by atoms with van der Waals surface area (Å²) in [5, 5.41) is 4.01. The van der Waals surface area contributed by atoms with Gasteiger partial charge in [-0.05, 0) is 88.1 Å². The first-order valence-electron chi connectivity index (χ1n) is 15.8. The summed E-state index contributed by atoms with van der Waals surface area (Å²) in [4.78, 5) is 37.9. The second-order valence-corrected chi connectivity index (χ2v) is 13.1. The zero-order chi connectivity index (χ0) is 29.6. The van der Waals surface area contributed by atoms with Crippen LogP contribution in [0.25, 0.3) is 33.6 Å². The van der Waals surface area contributed by atoms with Crippen LogP contribution in [0.4, 0.5) is 0 Å². The minimum atomic E-state index is -0.189. The Morgan fingerprint density at radius 2 is 1.86 bits per heavy atom. The molecule has 8 rings (SSSR count). The predicted octanol–water partition coefficient (Wildman–Crippen LogP) is 4.71. The maximum atomic E-state index is 13.9. The Morgan fingerprint density at radius 1 is 1.07 bits per heavy atom. The molecule has 4 aliphatic rings. The van der Waals surface area contributed by atoms with E-state index in [1.165, 1.54) is 19.8 Å². The van der Waals surface area contributed by atoms with E-state index < -0.39 is 0 Å². The van der Waals surface area contributed by atoms with Crippen LogP contribution in [0.5, 0.6) is 5.75 Å². The first-order chi connectivity index (χ1) is 20.8. The largest absolute Gasteiger partial charge is 0.494 e. The Labute approximate surface area is 250 Å². The lowest BCUT2D eigenvalue weighted by molar-refractivity contribution is -0.119. The lowest BCUT2D eigenvalue weighted by Gasteiger charge is -2.23. The number of imidazole rings is 1. The van der Waals surface area contributed by atoms with Crippen LogP contribution in [0, 0.1) is 5.92 Å². The third-order valence-corrected chi connectivity index (χ3v) is 9.94. The van der Waals surface area contributed by atoms with Gasteiger partial charge in [0.25, 0.3) is 5.91 Å². The van der Waals surface area contributed by atoms with Crippen LogP contribution in [-0.2, 0) is 11.3 Å². The summed E-state index contributed by atoms with van der Waals surface area (Å²) in [5.74, 6) is 2.13. The summed E-state index contributed by atoms with van der Waals surface area (Å²) in [6, 6.07) is 10.7. The summed E-state index contributed by atoms with van der Waals surface area (Å²) in [6.45, 7) is 4.36. The van der Waals surface area contributed by atoms with Gasteiger partial charge in [0.05, 0.1) is 30.1 Å². The van der Waals surface area contributed by atoms with Gasteiger partial charge in [-0.15, -0.1) is 0 Å². The molecule has 2 aliphatic carbocycles. The number of methoxy groups -OCH3 is 1. The summed E-state index contributed by atoms with van der Waals surface area (Å²) in [7, 11) is 1.67. The number of pyridine rings is 1. The zero-order valence-electron chi connectivity index (χ0n) is 25.0. The molecule has 5 heterocycles. The number of hydrogen-bond acceptors (Lipinski definition) is 6. The minimum Gasteiger partial charge on any atom is -0.494 e. The Bertz CT molecular complexity index is 1780. The number of benzene rings is 1. The van der Waals surface area contributed by atoms with Crippen molar-refractivity contribution >= 4 is 33.9 Å². The van der Waals surface area contributed by atoms with E-state index in [1.807, 2.05) is 30.0 Å². The molecular weight excluding hydrogens is 542 g/mol. The number of amides is 2. The van der Waals surface area contributed by atoms with Gasteiger partial charge in [-0.2, -0.15) is 0 Å². The highest BCUT2D eigenvalue weighted by Gasteiger charge is 2.47. The van der Waals surface area contributed by atoms with Crippen molar-refractivity contribution in [2.24, 2.45) is 11.7 Å². The molecule has 4 atom stereocenters. The fraction of sp³-hybridized carbons (Fsp3) is 0.515. The number of nitrogens with two attached hydrogens (primary N) is 1. The number of nitrogens with zero attached hydrogens (tertiary/aromatic N) is 5. The molecule has 224 valence electrons. The highest BCUT2D eigenvalue weighted by atomic mass is 16.5. The molecule has 0 unspecified atom stereocenters. The summed E-state index contributed by atoms with van der Waals surface area (Å²) in [5.41, 5.74) is 11.5. The van der Waals surface area contributed by atoms with Crippen LogP contribution in [0.15, 0.2) is 30.3 Å². The van der Waals surface area contributed by atoms with Crippen molar-refractivity contribution in [3.05, 3.63) is 41.6 Å². The number of hydrogen-bond donors (Lipinski definition) is 2. The fourth-order valence-corrected chi connectivity index (χ4v) is 7.53. The highest BCUT2D eigenvalue weighted by Crippen LogP contribution is 2.46. The van der Waals surface area contributed by atoms with Gasteiger partial charge in [0.15, 0.2) is 5.82 Å². The van der Waals surface area contributed by atoms with Crippen LogP contribution in [0.3, 0.4) is 0 Å². The Kier molecular flexibility index (Phi) is 6.08. The van der Waals surface area contributed by atoms with Gasteiger partial charge in [-0.1, -0.05) is 0 Å². The number of carbonyl (C=O) groups is 2. The van der Waals surface area contributed by atoms with Crippen molar-refractivity contribution in [2.75, 3.05) is 7.11 Å². The number of aromatic nitrogens is 4. The first kappa shape index (κ1) is 26.7.